The van der Waals surface area contributed by atoms with Crippen molar-refractivity contribution in [3.05, 3.63) is 0 Å². The predicted octanol–water partition coefficient (Wildman–Crippen LogP) is 7.28. The molecular formula is C26H52O7. The van der Waals surface area contributed by atoms with Gasteiger partial charge in [0.05, 0.1) is 17.3 Å². The van der Waals surface area contributed by atoms with Gasteiger partial charge in [-0.25, -0.2) is 19.6 Å². The Morgan fingerprint density at radius 2 is 1.18 bits per heavy atom. The van der Waals surface area contributed by atoms with Crippen LogP contribution < -0.4 is 0 Å². The molecule has 1 saturated carbocycles. The highest BCUT2D eigenvalue weighted by atomic mass is 17.3. The van der Waals surface area contributed by atoms with Gasteiger partial charge in [-0.1, -0.05) is 20.8 Å². The quantitative estimate of drug-likeness (QED) is 0.240. The molecule has 0 N–H and O–H groups in total. The maximum Gasteiger partial charge on any atom is 0.234 e. The highest BCUT2D eigenvalue weighted by Gasteiger charge is 2.48. The Morgan fingerprint density at radius 3 is 1.61 bits per heavy atom. The summed E-state index contributed by atoms with van der Waals surface area (Å²) in [6.45, 7) is 28.2. The van der Waals surface area contributed by atoms with Gasteiger partial charge in [0.1, 0.15) is 5.60 Å². The Hall–Kier alpha value is -0.280. The summed E-state index contributed by atoms with van der Waals surface area (Å²) < 4.78 is 5.59. The molecule has 2 unspecified atom stereocenters. The van der Waals surface area contributed by atoms with E-state index in [2.05, 4.69) is 20.8 Å². The van der Waals surface area contributed by atoms with Gasteiger partial charge in [-0.3, -0.25) is 0 Å². The van der Waals surface area contributed by atoms with Crippen molar-refractivity contribution in [2.75, 3.05) is 0 Å². The van der Waals surface area contributed by atoms with Crippen LogP contribution in [0.1, 0.15) is 123 Å². The lowest BCUT2D eigenvalue weighted by Crippen LogP contribution is -2.48. The third-order valence-electron chi connectivity index (χ3n) is 4.93. The molecule has 0 aromatic rings. The number of rotatable bonds is 4. The van der Waals surface area contributed by atoms with Crippen LogP contribution >= 0.6 is 0 Å². The first-order valence-corrected chi connectivity index (χ1v) is 12.3. The van der Waals surface area contributed by atoms with Crippen molar-refractivity contribution in [3.8, 4) is 0 Å². The highest BCUT2D eigenvalue weighted by molar-refractivity contribution is 4.88. The molecule has 1 aliphatic carbocycles. The second-order valence-corrected chi connectivity index (χ2v) is 13.8. The van der Waals surface area contributed by atoms with Crippen molar-refractivity contribution >= 4 is 0 Å². The number of ether oxygens (including phenoxy) is 1. The van der Waals surface area contributed by atoms with Crippen LogP contribution in [0.5, 0.6) is 0 Å². The van der Waals surface area contributed by atoms with Gasteiger partial charge < -0.3 is 4.74 Å². The van der Waals surface area contributed by atoms with Crippen LogP contribution in [-0.2, 0) is 34.1 Å². The summed E-state index contributed by atoms with van der Waals surface area (Å²) in [5, 5.41) is 0. The van der Waals surface area contributed by atoms with Crippen molar-refractivity contribution in [1.29, 1.82) is 0 Å². The molecule has 2 aliphatic rings. The van der Waals surface area contributed by atoms with Crippen LogP contribution in [0, 0.1) is 11.3 Å². The molecule has 0 aromatic heterocycles. The minimum Gasteiger partial charge on any atom is -0.345 e. The average molecular weight is 477 g/mol. The molecule has 2 rings (SSSR count). The van der Waals surface area contributed by atoms with E-state index in [-0.39, 0.29) is 28.3 Å². The van der Waals surface area contributed by atoms with Crippen molar-refractivity contribution in [3.63, 3.8) is 0 Å². The molecule has 1 aliphatic heterocycles. The van der Waals surface area contributed by atoms with Gasteiger partial charge >= 0.3 is 0 Å². The van der Waals surface area contributed by atoms with Crippen LogP contribution in [0.3, 0.4) is 0 Å². The molecular weight excluding hydrogens is 424 g/mol. The first kappa shape index (κ1) is 30.8. The van der Waals surface area contributed by atoms with Gasteiger partial charge in [0.15, 0.2) is 5.79 Å². The van der Waals surface area contributed by atoms with E-state index in [4.69, 9.17) is 34.1 Å². The third kappa shape index (κ3) is 12.8. The molecule has 2 atom stereocenters. The molecule has 0 aromatic carbocycles. The minimum atomic E-state index is -0.846. The summed E-state index contributed by atoms with van der Waals surface area (Å²) in [4.78, 5) is 33.1. The SMILES string of the molecule is CC1CC(C)(C)CC(OOC(C)(C)C)(OOC(C)(C)C)C1.CC1CC(C)(C)OOC(C)(C)O1. The Bertz CT molecular complexity index is 563. The van der Waals surface area contributed by atoms with E-state index in [1.54, 1.807) is 0 Å². The second-order valence-electron chi connectivity index (χ2n) is 13.8. The normalized spacial score (nSPS) is 28.9. The molecule has 7 nitrogen and oxygen atoms in total. The maximum absolute atomic E-state index is 5.79. The largest absolute Gasteiger partial charge is 0.345 e. The fourth-order valence-corrected chi connectivity index (χ4v) is 4.45. The lowest BCUT2D eigenvalue weighted by molar-refractivity contribution is -0.551. The molecule has 33 heavy (non-hydrogen) atoms. The number of hydrogen-bond acceptors (Lipinski definition) is 7. The van der Waals surface area contributed by atoms with E-state index in [9.17, 15) is 0 Å². The zero-order chi connectivity index (χ0) is 25.9. The van der Waals surface area contributed by atoms with E-state index >= 15 is 0 Å². The van der Waals surface area contributed by atoms with Gasteiger partial charge in [-0.2, -0.15) is 9.78 Å². The lowest BCUT2D eigenvalue weighted by Gasteiger charge is -2.46. The van der Waals surface area contributed by atoms with Crippen molar-refractivity contribution in [2.45, 2.75) is 157 Å². The summed E-state index contributed by atoms with van der Waals surface area (Å²) >= 11 is 0. The summed E-state index contributed by atoms with van der Waals surface area (Å²) in [7, 11) is 0. The van der Waals surface area contributed by atoms with Crippen LogP contribution in [0.25, 0.3) is 0 Å². The van der Waals surface area contributed by atoms with E-state index in [0.29, 0.717) is 5.92 Å². The summed E-state index contributed by atoms with van der Waals surface area (Å²) in [5.41, 5.74) is -0.904. The second kappa shape index (κ2) is 10.8. The number of hydrogen-bond donors (Lipinski definition) is 0. The molecule has 1 saturated heterocycles. The fraction of sp³-hybridized carbons (Fsp3) is 1.00. The van der Waals surface area contributed by atoms with Crippen LogP contribution in [0.15, 0.2) is 0 Å². The highest BCUT2D eigenvalue weighted by Crippen LogP contribution is 2.47. The first-order valence-electron chi connectivity index (χ1n) is 12.3. The topological polar surface area (TPSA) is 64.6 Å². The van der Waals surface area contributed by atoms with Gasteiger partial charge in [-0.15, -0.1) is 0 Å². The lowest BCUT2D eigenvalue weighted by atomic mass is 9.70. The zero-order valence-corrected chi connectivity index (χ0v) is 23.8. The Balaban J connectivity index is 0.000000383. The van der Waals surface area contributed by atoms with Gasteiger partial charge in [0, 0.05) is 19.3 Å². The van der Waals surface area contributed by atoms with Gasteiger partial charge in [0.25, 0.3) is 0 Å². The molecule has 0 bridgehead atoms. The summed E-state index contributed by atoms with van der Waals surface area (Å²) in [6, 6.07) is 0. The maximum atomic E-state index is 5.79. The van der Waals surface area contributed by atoms with E-state index in [1.807, 2.05) is 76.2 Å². The molecule has 0 spiro atoms. The van der Waals surface area contributed by atoms with Gasteiger partial charge in [0.2, 0.25) is 5.79 Å². The molecule has 7 heteroatoms. The van der Waals surface area contributed by atoms with Crippen molar-refractivity contribution in [1.82, 2.24) is 0 Å². The van der Waals surface area contributed by atoms with Crippen molar-refractivity contribution < 1.29 is 34.1 Å². The standard InChI is InChI=1S/C17H34O4.C9H18O3/c1-13-10-16(8,9)12-17(11-13,20-18-14(2,3)4)21-19-15(5,6)7;1-7-6-8(2,3)11-12-9(4,5)10-7/h13H,10-12H2,1-9H3;7H,6H2,1-5H3. The fourth-order valence-electron chi connectivity index (χ4n) is 4.45. The van der Waals surface area contributed by atoms with Crippen LogP contribution in [-0.4, -0.2) is 34.5 Å². The molecule has 0 radical (unpaired) electrons. The Morgan fingerprint density at radius 1 is 0.697 bits per heavy atom. The first-order chi connectivity index (χ1) is 14.5. The zero-order valence-electron chi connectivity index (χ0n) is 23.8. The molecule has 198 valence electrons. The van der Waals surface area contributed by atoms with E-state index in [0.717, 1.165) is 25.7 Å². The monoisotopic (exact) mass is 476 g/mol. The Kier molecular flexibility index (Phi) is 10.0. The third-order valence-corrected chi connectivity index (χ3v) is 4.93. The van der Waals surface area contributed by atoms with Crippen LogP contribution in [0.4, 0.5) is 0 Å². The van der Waals surface area contributed by atoms with Gasteiger partial charge in [-0.05, 0) is 93.9 Å². The smallest absolute Gasteiger partial charge is 0.234 e. The van der Waals surface area contributed by atoms with E-state index < -0.39 is 11.6 Å². The summed E-state index contributed by atoms with van der Waals surface area (Å²) in [6.07, 6.45) is 3.67. The van der Waals surface area contributed by atoms with E-state index in [1.165, 1.54) is 0 Å². The molecule has 0 amide bonds. The Labute approximate surface area is 202 Å². The predicted molar refractivity (Wildman–Crippen MR) is 129 cm³/mol. The van der Waals surface area contributed by atoms with Crippen molar-refractivity contribution in [2.24, 2.45) is 11.3 Å². The molecule has 2 fully saturated rings. The average Bonchev–Trinajstić information content (AvgIpc) is 2.63. The molecule has 1 heterocycles. The summed E-state index contributed by atoms with van der Waals surface area (Å²) in [5.74, 6) is -0.990. The van der Waals surface area contributed by atoms with Crippen LogP contribution in [0.2, 0.25) is 0 Å². The minimum absolute atomic E-state index is 0.125.